The largest absolute Gasteiger partial charge is 0.504 e. The van der Waals surface area contributed by atoms with Crippen molar-refractivity contribution in [1.82, 2.24) is 0 Å². The number of rotatable bonds is 3. The molecule has 0 saturated carbocycles. The first-order chi connectivity index (χ1) is 9.10. The van der Waals surface area contributed by atoms with E-state index in [1.807, 2.05) is 0 Å². The summed E-state index contributed by atoms with van der Waals surface area (Å²) >= 11 is 0. The van der Waals surface area contributed by atoms with Crippen LogP contribution in [0.25, 0.3) is 11.1 Å². The van der Waals surface area contributed by atoms with Crippen LogP contribution in [0.15, 0.2) is 30.3 Å². The van der Waals surface area contributed by atoms with E-state index in [9.17, 15) is 19.8 Å². The second-order valence-electron chi connectivity index (χ2n) is 4.17. The van der Waals surface area contributed by atoms with Gasteiger partial charge in [-0.15, -0.1) is 0 Å². The SMILES string of the molecule is Cc1ccc(-c2cccc(C=O)c2C=O)c(O)c1O. The summed E-state index contributed by atoms with van der Waals surface area (Å²) in [6.45, 7) is 1.65. The summed E-state index contributed by atoms with van der Waals surface area (Å²) in [7, 11) is 0. The van der Waals surface area contributed by atoms with Crippen molar-refractivity contribution in [2.24, 2.45) is 0 Å². The van der Waals surface area contributed by atoms with Gasteiger partial charge < -0.3 is 10.2 Å². The number of carbonyl (C=O) groups excluding carboxylic acids is 2. The third-order valence-corrected chi connectivity index (χ3v) is 3.03. The first-order valence-electron chi connectivity index (χ1n) is 5.65. The highest BCUT2D eigenvalue weighted by molar-refractivity contribution is 5.98. The first-order valence-corrected chi connectivity index (χ1v) is 5.65. The summed E-state index contributed by atoms with van der Waals surface area (Å²) in [6.07, 6.45) is 1.15. The molecule has 2 aromatic rings. The number of aldehydes is 2. The van der Waals surface area contributed by atoms with Gasteiger partial charge in [-0.3, -0.25) is 9.59 Å². The van der Waals surface area contributed by atoms with Crippen molar-refractivity contribution in [3.05, 3.63) is 47.0 Å². The molecule has 2 rings (SSSR count). The molecule has 0 amide bonds. The predicted molar refractivity (Wildman–Crippen MR) is 70.7 cm³/mol. The number of phenols is 2. The molecule has 0 bridgehead atoms. The maximum atomic E-state index is 11.1. The summed E-state index contributed by atoms with van der Waals surface area (Å²) < 4.78 is 0. The van der Waals surface area contributed by atoms with E-state index in [4.69, 9.17) is 0 Å². The highest BCUT2D eigenvalue weighted by Gasteiger charge is 2.15. The van der Waals surface area contributed by atoms with E-state index < -0.39 is 0 Å². The fourth-order valence-corrected chi connectivity index (χ4v) is 1.95. The van der Waals surface area contributed by atoms with Crippen LogP contribution in [0.3, 0.4) is 0 Å². The Labute approximate surface area is 109 Å². The van der Waals surface area contributed by atoms with Crippen molar-refractivity contribution in [2.75, 3.05) is 0 Å². The zero-order valence-electron chi connectivity index (χ0n) is 10.3. The monoisotopic (exact) mass is 256 g/mol. The van der Waals surface area contributed by atoms with Crippen molar-refractivity contribution in [1.29, 1.82) is 0 Å². The van der Waals surface area contributed by atoms with E-state index in [1.54, 1.807) is 31.2 Å². The van der Waals surface area contributed by atoms with Crippen molar-refractivity contribution in [3.8, 4) is 22.6 Å². The standard InChI is InChI=1S/C15H12O4/c1-9-5-6-12(15(19)14(9)18)11-4-2-3-10(7-16)13(11)8-17/h2-8,18-19H,1H3. The lowest BCUT2D eigenvalue weighted by molar-refractivity contribution is 0.109. The lowest BCUT2D eigenvalue weighted by Crippen LogP contribution is -1.95. The summed E-state index contributed by atoms with van der Waals surface area (Å²) in [6, 6.07) is 7.97. The van der Waals surface area contributed by atoms with Gasteiger partial charge in [0.05, 0.1) is 0 Å². The van der Waals surface area contributed by atoms with E-state index in [2.05, 4.69) is 0 Å². The van der Waals surface area contributed by atoms with Gasteiger partial charge in [-0.1, -0.05) is 30.3 Å². The molecule has 0 atom stereocenters. The number of aryl methyl sites for hydroxylation is 1. The Kier molecular flexibility index (Phi) is 3.33. The van der Waals surface area contributed by atoms with Crippen molar-refractivity contribution in [2.45, 2.75) is 6.92 Å². The molecule has 96 valence electrons. The Hall–Kier alpha value is -2.62. The Morgan fingerprint density at radius 2 is 1.63 bits per heavy atom. The fraction of sp³-hybridized carbons (Fsp3) is 0.0667. The highest BCUT2D eigenvalue weighted by atomic mass is 16.3. The Bertz CT molecular complexity index is 659. The number of hydrogen-bond donors (Lipinski definition) is 2. The smallest absolute Gasteiger partial charge is 0.165 e. The minimum Gasteiger partial charge on any atom is -0.504 e. The number of hydrogen-bond acceptors (Lipinski definition) is 4. The van der Waals surface area contributed by atoms with Crippen LogP contribution in [0.5, 0.6) is 11.5 Å². The van der Waals surface area contributed by atoms with Gasteiger partial charge in [0.15, 0.2) is 24.1 Å². The Morgan fingerprint density at radius 1 is 0.895 bits per heavy atom. The summed E-state index contributed by atoms with van der Waals surface area (Å²) in [5.41, 5.74) is 1.68. The summed E-state index contributed by atoms with van der Waals surface area (Å²) in [4.78, 5) is 22.0. The van der Waals surface area contributed by atoms with Gasteiger partial charge in [0.25, 0.3) is 0 Å². The number of carbonyl (C=O) groups is 2. The predicted octanol–water partition coefficient (Wildman–Crippen LogP) is 2.70. The molecule has 0 aromatic heterocycles. The number of benzene rings is 2. The molecule has 0 radical (unpaired) electrons. The molecule has 0 saturated heterocycles. The minimum atomic E-state index is -0.300. The molecule has 4 heteroatoms. The normalized spacial score (nSPS) is 10.2. The first kappa shape index (κ1) is 12.8. The zero-order chi connectivity index (χ0) is 14.0. The average molecular weight is 256 g/mol. The highest BCUT2D eigenvalue weighted by Crippen LogP contribution is 2.39. The molecule has 0 aliphatic carbocycles. The van der Waals surface area contributed by atoms with Crippen LogP contribution in [0.4, 0.5) is 0 Å². The number of phenolic OH excluding ortho intramolecular Hbond substituents is 2. The second-order valence-corrected chi connectivity index (χ2v) is 4.17. The molecular formula is C15H12O4. The van der Waals surface area contributed by atoms with Crippen LogP contribution in [-0.2, 0) is 0 Å². The van der Waals surface area contributed by atoms with Crippen LogP contribution in [-0.4, -0.2) is 22.8 Å². The number of aromatic hydroxyl groups is 2. The van der Waals surface area contributed by atoms with Gasteiger partial charge in [-0.05, 0) is 18.1 Å². The molecule has 2 aromatic carbocycles. The van der Waals surface area contributed by atoms with Crippen LogP contribution >= 0.6 is 0 Å². The Morgan fingerprint density at radius 3 is 2.26 bits per heavy atom. The molecule has 0 aliphatic heterocycles. The van der Waals surface area contributed by atoms with Gasteiger partial charge in [0.1, 0.15) is 0 Å². The van der Waals surface area contributed by atoms with Crippen LogP contribution < -0.4 is 0 Å². The van der Waals surface area contributed by atoms with E-state index >= 15 is 0 Å². The zero-order valence-corrected chi connectivity index (χ0v) is 10.3. The quantitative estimate of drug-likeness (QED) is 0.654. The van der Waals surface area contributed by atoms with Gasteiger partial charge in [-0.25, -0.2) is 0 Å². The molecular weight excluding hydrogens is 244 g/mol. The van der Waals surface area contributed by atoms with E-state index in [-0.39, 0.29) is 22.6 Å². The van der Waals surface area contributed by atoms with Crippen LogP contribution in [0.1, 0.15) is 26.3 Å². The minimum absolute atomic E-state index is 0.191. The molecule has 0 unspecified atom stereocenters. The summed E-state index contributed by atoms with van der Waals surface area (Å²) in [5, 5.41) is 19.7. The van der Waals surface area contributed by atoms with Crippen molar-refractivity contribution < 1.29 is 19.8 Å². The van der Waals surface area contributed by atoms with Crippen molar-refractivity contribution in [3.63, 3.8) is 0 Å². The lowest BCUT2D eigenvalue weighted by atomic mass is 9.95. The van der Waals surface area contributed by atoms with E-state index in [0.29, 0.717) is 29.3 Å². The van der Waals surface area contributed by atoms with E-state index in [0.717, 1.165) is 0 Å². The second kappa shape index (κ2) is 4.94. The van der Waals surface area contributed by atoms with Gasteiger partial charge in [0, 0.05) is 16.7 Å². The fourth-order valence-electron chi connectivity index (χ4n) is 1.95. The maximum Gasteiger partial charge on any atom is 0.165 e. The topological polar surface area (TPSA) is 74.6 Å². The van der Waals surface area contributed by atoms with Crippen molar-refractivity contribution >= 4 is 12.6 Å². The van der Waals surface area contributed by atoms with Crippen LogP contribution in [0.2, 0.25) is 0 Å². The molecule has 2 N–H and O–H groups in total. The maximum absolute atomic E-state index is 11.1. The Balaban J connectivity index is 2.76. The molecule has 0 spiro atoms. The third kappa shape index (κ3) is 2.08. The molecule has 0 heterocycles. The van der Waals surface area contributed by atoms with Gasteiger partial charge in [-0.2, -0.15) is 0 Å². The van der Waals surface area contributed by atoms with Gasteiger partial charge in [0.2, 0.25) is 0 Å². The summed E-state index contributed by atoms with van der Waals surface area (Å²) in [5.74, 6) is -0.531. The van der Waals surface area contributed by atoms with Crippen LogP contribution in [0, 0.1) is 6.92 Å². The van der Waals surface area contributed by atoms with E-state index in [1.165, 1.54) is 6.07 Å². The average Bonchev–Trinajstić information content (AvgIpc) is 2.44. The molecule has 19 heavy (non-hydrogen) atoms. The third-order valence-electron chi connectivity index (χ3n) is 3.03. The van der Waals surface area contributed by atoms with Gasteiger partial charge >= 0.3 is 0 Å². The molecule has 0 fully saturated rings. The lowest BCUT2D eigenvalue weighted by Gasteiger charge is -2.11. The molecule has 4 nitrogen and oxygen atoms in total. The molecule has 0 aliphatic rings.